The Balaban J connectivity index is 2.32. The number of aromatic nitrogens is 1. The van der Waals surface area contributed by atoms with Gasteiger partial charge in [0, 0.05) is 15.5 Å². The monoisotopic (exact) mass is 339 g/mol. The highest BCUT2D eigenvalue weighted by Crippen LogP contribution is 2.34. The van der Waals surface area contributed by atoms with Gasteiger partial charge in [-0.2, -0.15) is 0 Å². The molecule has 0 saturated heterocycles. The lowest BCUT2D eigenvalue weighted by Crippen LogP contribution is -1.91. The summed E-state index contributed by atoms with van der Waals surface area (Å²) in [6.45, 7) is 1.99. The minimum Gasteiger partial charge on any atom is -0.493 e. The van der Waals surface area contributed by atoms with Gasteiger partial charge in [0.15, 0.2) is 11.5 Å². The van der Waals surface area contributed by atoms with Gasteiger partial charge in [0.05, 0.1) is 14.2 Å². The summed E-state index contributed by atoms with van der Waals surface area (Å²) in [7, 11) is 3.25. The van der Waals surface area contributed by atoms with Crippen LogP contribution in [0.1, 0.15) is 16.3 Å². The van der Waals surface area contributed by atoms with E-state index in [0.29, 0.717) is 11.5 Å². The van der Waals surface area contributed by atoms with E-state index in [9.17, 15) is 0 Å². The Labute approximate surface area is 125 Å². The molecule has 0 radical (unpaired) electrons. The Kier molecular flexibility index (Phi) is 4.61. The fourth-order valence-electron chi connectivity index (χ4n) is 1.61. The van der Waals surface area contributed by atoms with Gasteiger partial charge in [-0.25, -0.2) is 4.98 Å². The average Bonchev–Trinajstić information content (AvgIpc) is 2.82. The van der Waals surface area contributed by atoms with E-state index in [1.807, 2.05) is 36.6 Å². The van der Waals surface area contributed by atoms with Gasteiger partial charge in [-0.3, -0.25) is 0 Å². The third-order valence-corrected chi connectivity index (χ3v) is 4.16. The summed E-state index contributed by atoms with van der Waals surface area (Å²) in [5.41, 5.74) is 2.06. The van der Waals surface area contributed by atoms with Crippen molar-refractivity contribution in [1.29, 1.82) is 0 Å². The Hall–Kier alpha value is -1.33. The van der Waals surface area contributed by atoms with Gasteiger partial charge in [0.25, 0.3) is 0 Å². The van der Waals surface area contributed by atoms with Gasteiger partial charge in [-0.05, 0) is 30.7 Å². The van der Waals surface area contributed by atoms with Crippen molar-refractivity contribution in [2.75, 3.05) is 14.2 Å². The van der Waals surface area contributed by atoms with Crippen molar-refractivity contribution >= 4 is 39.4 Å². The van der Waals surface area contributed by atoms with Crippen molar-refractivity contribution in [3.05, 3.63) is 38.3 Å². The largest absolute Gasteiger partial charge is 0.493 e. The molecule has 1 heterocycles. The molecule has 0 N–H and O–H groups in total. The van der Waals surface area contributed by atoms with E-state index in [-0.39, 0.29) is 0 Å². The van der Waals surface area contributed by atoms with Crippen molar-refractivity contribution in [2.45, 2.75) is 6.92 Å². The van der Waals surface area contributed by atoms with Gasteiger partial charge in [-0.15, -0.1) is 11.3 Å². The van der Waals surface area contributed by atoms with Crippen LogP contribution >= 0.6 is 27.3 Å². The summed E-state index contributed by atoms with van der Waals surface area (Å²) in [4.78, 5) is 4.39. The molecule has 0 aliphatic carbocycles. The van der Waals surface area contributed by atoms with Gasteiger partial charge in [-0.1, -0.05) is 22.0 Å². The van der Waals surface area contributed by atoms with Crippen LogP contribution in [0.3, 0.4) is 0 Å². The molecule has 0 bridgehead atoms. The second-order valence-corrected chi connectivity index (χ2v) is 5.63. The third kappa shape index (κ3) is 3.36. The van der Waals surface area contributed by atoms with Crippen LogP contribution in [0.4, 0.5) is 0 Å². The van der Waals surface area contributed by atoms with Crippen LogP contribution in [0.25, 0.3) is 12.2 Å². The van der Waals surface area contributed by atoms with Gasteiger partial charge >= 0.3 is 0 Å². The molecule has 0 unspecified atom stereocenters. The molecule has 0 fully saturated rings. The molecule has 0 atom stereocenters. The number of benzene rings is 1. The lowest BCUT2D eigenvalue weighted by Gasteiger charge is -2.09. The van der Waals surface area contributed by atoms with Crippen LogP contribution in [0, 0.1) is 6.92 Å². The molecule has 0 amide bonds. The highest BCUT2D eigenvalue weighted by molar-refractivity contribution is 9.10. The topological polar surface area (TPSA) is 31.4 Å². The molecule has 0 aliphatic rings. The van der Waals surface area contributed by atoms with Crippen molar-refractivity contribution < 1.29 is 9.47 Å². The van der Waals surface area contributed by atoms with E-state index in [0.717, 1.165) is 20.7 Å². The molecular formula is C14H14BrNO2S. The van der Waals surface area contributed by atoms with E-state index < -0.39 is 0 Å². The Morgan fingerprint density at radius 3 is 2.42 bits per heavy atom. The summed E-state index contributed by atoms with van der Waals surface area (Å²) < 4.78 is 11.5. The first kappa shape index (κ1) is 14.1. The molecule has 5 heteroatoms. The fourth-order valence-corrected chi connectivity index (χ4v) is 2.75. The molecule has 1 aromatic carbocycles. The lowest BCUT2D eigenvalue weighted by molar-refractivity contribution is 0.354. The van der Waals surface area contributed by atoms with Crippen LogP contribution in [-0.2, 0) is 0 Å². The molecule has 1 aromatic heterocycles. The molecular weight excluding hydrogens is 326 g/mol. The molecule has 2 aromatic rings. The van der Waals surface area contributed by atoms with Crippen LogP contribution in [0.15, 0.2) is 22.0 Å². The maximum atomic E-state index is 5.30. The second kappa shape index (κ2) is 6.21. The van der Waals surface area contributed by atoms with E-state index >= 15 is 0 Å². The average molecular weight is 340 g/mol. The number of hydrogen-bond donors (Lipinski definition) is 0. The molecule has 2 rings (SSSR count). The highest BCUT2D eigenvalue weighted by atomic mass is 79.9. The van der Waals surface area contributed by atoms with Crippen LogP contribution in [0.5, 0.6) is 11.5 Å². The van der Waals surface area contributed by atoms with Crippen molar-refractivity contribution in [2.24, 2.45) is 0 Å². The van der Waals surface area contributed by atoms with Crippen LogP contribution in [0.2, 0.25) is 0 Å². The van der Waals surface area contributed by atoms with E-state index in [1.165, 1.54) is 0 Å². The number of thiazole rings is 1. The molecule has 19 heavy (non-hydrogen) atoms. The first-order valence-electron chi connectivity index (χ1n) is 5.65. The molecule has 3 nitrogen and oxygen atoms in total. The van der Waals surface area contributed by atoms with Crippen molar-refractivity contribution in [1.82, 2.24) is 4.98 Å². The summed E-state index contributed by atoms with van der Waals surface area (Å²) in [6, 6.07) is 3.82. The van der Waals surface area contributed by atoms with Crippen LogP contribution in [-0.4, -0.2) is 19.2 Å². The Bertz CT molecular complexity index is 607. The van der Waals surface area contributed by atoms with E-state index in [1.54, 1.807) is 25.6 Å². The smallest absolute Gasteiger partial charge is 0.161 e. The second-order valence-electron chi connectivity index (χ2n) is 3.89. The molecule has 0 spiro atoms. The predicted molar refractivity (Wildman–Crippen MR) is 83.0 cm³/mol. The maximum Gasteiger partial charge on any atom is 0.161 e. The molecule has 0 saturated carbocycles. The van der Waals surface area contributed by atoms with Crippen LogP contribution < -0.4 is 9.47 Å². The molecule has 100 valence electrons. The van der Waals surface area contributed by atoms with Gasteiger partial charge < -0.3 is 9.47 Å². The fraction of sp³-hybridized carbons (Fsp3) is 0.214. The summed E-state index contributed by atoms with van der Waals surface area (Å²) in [5, 5.41) is 3.02. The minimum absolute atomic E-state index is 0.705. The Morgan fingerprint density at radius 2 is 1.84 bits per heavy atom. The number of aryl methyl sites for hydroxylation is 1. The number of methoxy groups -OCH3 is 2. The number of hydrogen-bond acceptors (Lipinski definition) is 4. The van der Waals surface area contributed by atoms with Crippen molar-refractivity contribution in [3.63, 3.8) is 0 Å². The molecule has 0 aliphatic heterocycles. The number of rotatable bonds is 4. The number of ether oxygens (including phenoxy) is 2. The number of halogens is 1. The summed E-state index contributed by atoms with van der Waals surface area (Å²) >= 11 is 5.15. The first-order chi connectivity index (χ1) is 9.13. The zero-order valence-electron chi connectivity index (χ0n) is 10.9. The predicted octanol–water partition coefficient (Wildman–Crippen LogP) is 4.40. The zero-order chi connectivity index (χ0) is 13.8. The number of nitrogens with zero attached hydrogens (tertiary/aromatic N) is 1. The lowest BCUT2D eigenvalue weighted by atomic mass is 10.2. The first-order valence-corrected chi connectivity index (χ1v) is 7.33. The van der Waals surface area contributed by atoms with Gasteiger partial charge in [0.2, 0.25) is 0 Å². The SMILES string of the molecule is COc1cc(Br)c(/C=C/c2nc(C)cs2)cc1OC. The highest BCUT2D eigenvalue weighted by Gasteiger charge is 2.07. The summed E-state index contributed by atoms with van der Waals surface area (Å²) in [5.74, 6) is 1.41. The van der Waals surface area contributed by atoms with Gasteiger partial charge in [0.1, 0.15) is 5.01 Å². The maximum absolute atomic E-state index is 5.30. The minimum atomic E-state index is 0.705. The third-order valence-electron chi connectivity index (χ3n) is 2.55. The van der Waals surface area contributed by atoms with Crippen molar-refractivity contribution in [3.8, 4) is 11.5 Å². The van der Waals surface area contributed by atoms with E-state index in [2.05, 4.69) is 20.9 Å². The summed E-state index contributed by atoms with van der Waals surface area (Å²) in [6.07, 6.45) is 3.99. The zero-order valence-corrected chi connectivity index (χ0v) is 13.3. The van der Waals surface area contributed by atoms with E-state index in [4.69, 9.17) is 9.47 Å². The Morgan fingerprint density at radius 1 is 1.16 bits per heavy atom. The standard InChI is InChI=1S/C14H14BrNO2S/c1-9-8-19-14(16-9)5-4-10-6-12(17-2)13(18-3)7-11(10)15/h4-8H,1-3H3/b5-4+. The normalized spacial score (nSPS) is 10.9. The quantitative estimate of drug-likeness (QED) is 0.827.